The van der Waals surface area contributed by atoms with Crippen LogP contribution in [0.5, 0.6) is 0 Å². The predicted molar refractivity (Wildman–Crippen MR) is 76.8 cm³/mol. The van der Waals surface area contributed by atoms with Crippen LogP contribution in [-0.2, 0) is 10.2 Å². The molecule has 6 heteroatoms. The van der Waals surface area contributed by atoms with Gasteiger partial charge in [-0.1, -0.05) is 19.3 Å². The standard InChI is InChI=1S/C13H27N3O2S/c14-9-13-7-4-8-16(11-13)19(17,18)15-10-12-5-2-1-3-6-12/h12-13,15H,1-11,14H2. The van der Waals surface area contributed by atoms with Crippen LogP contribution >= 0.6 is 0 Å². The number of nitrogens with zero attached hydrogens (tertiary/aromatic N) is 1. The maximum atomic E-state index is 12.3. The smallest absolute Gasteiger partial charge is 0.279 e. The molecule has 0 radical (unpaired) electrons. The molecule has 0 bridgehead atoms. The summed E-state index contributed by atoms with van der Waals surface area (Å²) >= 11 is 0. The Hall–Kier alpha value is -0.170. The molecule has 1 saturated carbocycles. The Kier molecular flexibility index (Phi) is 5.62. The quantitative estimate of drug-likeness (QED) is 0.795. The third-order valence-electron chi connectivity index (χ3n) is 4.43. The summed E-state index contributed by atoms with van der Waals surface area (Å²) in [6, 6.07) is 0. The molecular weight excluding hydrogens is 262 g/mol. The normalized spacial score (nSPS) is 27.5. The second-order valence-electron chi connectivity index (χ2n) is 5.96. The Labute approximate surface area is 117 Å². The maximum Gasteiger partial charge on any atom is 0.279 e. The Morgan fingerprint density at radius 1 is 1.05 bits per heavy atom. The van der Waals surface area contributed by atoms with Crippen LogP contribution in [0.4, 0.5) is 0 Å². The van der Waals surface area contributed by atoms with Crippen LogP contribution in [0.2, 0.25) is 0 Å². The predicted octanol–water partition coefficient (Wildman–Crippen LogP) is 1.07. The van der Waals surface area contributed by atoms with E-state index in [-0.39, 0.29) is 0 Å². The van der Waals surface area contributed by atoms with Crippen molar-refractivity contribution < 1.29 is 8.42 Å². The van der Waals surface area contributed by atoms with Gasteiger partial charge in [0.15, 0.2) is 0 Å². The number of hydrogen-bond acceptors (Lipinski definition) is 3. The zero-order valence-corrected chi connectivity index (χ0v) is 12.5. The van der Waals surface area contributed by atoms with Gasteiger partial charge in [0.2, 0.25) is 0 Å². The monoisotopic (exact) mass is 289 g/mol. The van der Waals surface area contributed by atoms with Crippen LogP contribution in [0.25, 0.3) is 0 Å². The van der Waals surface area contributed by atoms with Gasteiger partial charge in [0.05, 0.1) is 0 Å². The molecule has 1 unspecified atom stereocenters. The van der Waals surface area contributed by atoms with Gasteiger partial charge >= 0.3 is 0 Å². The fourth-order valence-corrected chi connectivity index (χ4v) is 4.55. The highest BCUT2D eigenvalue weighted by atomic mass is 32.2. The van der Waals surface area contributed by atoms with Gasteiger partial charge in [-0.3, -0.25) is 0 Å². The molecule has 1 aliphatic carbocycles. The van der Waals surface area contributed by atoms with Gasteiger partial charge in [-0.2, -0.15) is 12.7 Å². The van der Waals surface area contributed by atoms with E-state index >= 15 is 0 Å². The lowest BCUT2D eigenvalue weighted by atomic mass is 9.90. The van der Waals surface area contributed by atoms with E-state index in [4.69, 9.17) is 5.73 Å². The molecule has 19 heavy (non-hydrogen) atoms. The number of rotatable bonds is 5. The summed E-state index contributed by atoms with van der Waals surface area (Å²) in [7, 11) is -3.30. The first-order chi connectivity index (χ1) is 9.12. The van der Waals surface area contributed by atoms with E-state index in [0.29, 0.717) is 38.0 Å². The van der Waals surface area contributed by atoms with Crippen LogP contribution in [0, 0.1) is 11.8 Å². The van der Waals surface area contributed by atoms with E-state index in [1.165, 1.54) is 19.3 Å². The van der Waals surface area contributed by atoms with Crippen molar-refractivity contribution in [3.8, 4) is 0 Å². The molecule has 2 rings (SSSR count). The maximum absolute atomic E-state index is 12.3. The van der Waals surface area contributed by atoms with E-state index in [2.05, 4.69) is 4.72 Å². The average Bonchev–Trinajstić information content (AvgIpc) is 2.46. The number of nitrogens with one attached hydrogen (secondary N) is 1. The molecule has 0 aromatic heterocycles. The summed E-state index contributed by atoms with van der Waals surface area (Å²) in [5.74, 6) is 0.846. The summed E-state index contributed by atoms with van der Waals surface area (Å²) in [4.78, 5) is 0. The van der Waals surface area contributed by atoms with E-state index in [9.17, 15) is 8.42 Å². The molecule has 1 heterocycles. The zero-order valence-electron chi connectivity index (χ0n) is 11.7. The molecule has 0 amide bonds. The summed E-state index contributed by atoms with van der Waals surface area (Å²) in [5.41, 5.74) is 5.66. The Morgan fingerprint density at radius 2 is 1.74 bits per heavy atom. The lowest BCUT2D eigenvalue weighted by molar-refractivity contribution is 0.266. The second kappa shape index (κ2) is 7.02. The highest BCUT2D eigenvalue weighted by Crippen LogP contribution is 2.23. The third kappa shape index (κ3) is 4.41. The molecule has 1 saturated heterocycles. The Bertz CT molecular complexity index is 366. The summed E-state index contributed by atoms with van der Waals surface area (Å²) in [6.07, 6.45) is 8.07. The molecule has 1 aliphatic heterocycles. The molecule has 1 atom stereocenters. The topological polar surface area (TPSA) is 75.4 Å². The SMILES string of the molecule is NCC1CCCN(S(=O)(=O)NCC2CCCCC2)C1. The summed E-state index contributed by atoms with van der Waals surface area (Å²) in [5, 5.41) is 0. The van der Waals surface area contributed by atoms with Crippen molar-refractivity contribution in [2.75, 3.05) is 26.2 Å². The minimum Gasteiger partial charge on any atom is -0.330 e. The molecule has 2 aliphatic rings. The summed E-state index contributed by atoms with van der Waals surface area (Å²) < 4.78 is 28.9. The van der Waals surface area contributed by atoms with Crippen molar-refractivity contribution in [1.82, 2.24) is 9.03 Å². The van der Waals surface area contributed by atoms with Gasteiger partial charge in [-0.05, 0) is 44.1 Å². The number of hydrogen-bond donors (Lipinski definition) is 2. The molecule has 0 aromatic carbocycles. The minimum absolute atomic E-state index is 0.319. The fraction of sp³-hybridized carbons (Fsp3) is 1.00. The fourth-order valence-electron chi connectivity index (χ4n) is 3.14. The first-order valence-corrected chi connectivity index (χ1v) is 9.00. The molecular formula is C13H27N3O2S. The van der Waals surface area contributed by atoms with E-state index in [0.717, 1.165) is 25.7 Å². The van der Waals surface area contributed by atoms with Crippen LogP contribution < -0.4 is 10.5 Å². The largest absolute Gasteiger partial charge is 0.330 e. The number of piperidine rings is 1. The van der Waals surface area contributed by atoms with Crippen molar-refractivity contribution in [1.29, 1.82) is 0 Å². The second-order valence-corrected chi connectivity index (χ2v) is 7.71. The van der Waals surface area contributed by atoms with Gasteiger partial charge < -0.3 is 5.73 Å². The number of nitrogens with two attached hydrogens (primary N) is 1. The van der Waals surface area contributed by atoms with Crippen molar-refractivity contribution in [3.05, 3.63) is 0 Å². The van der Waals surface area contributed by atoms with Crippen LogP contribution in [0.15, 0.2) is 0 Å². The molecule has 2 fully saturated rings. The van der Waals surface area contributed by atoms with Gasteiger partial charge in [-0.15, -0.1) is 0 Å². The molecule has 3 N–H and O–H groups in total. The van der Waals surface area contributed by atoms with Crippen molar-refractivity contribution in [2.24, 2.45) is 17.6 Å². The van der Waals surface area contributed by atoms with E-state index in [1.54, 1.807) is 4.31 Å². The Balaban J connectivity index is 1.83. The van der Waals surface area contributed by atoms with Gasteiger partial charge in [0.1, 0.15) is 0 Å². The lowest BCUT2D eigenvalue weighted by Crippen LogP contribution is -2.48. The van der Waals surface area contributed by atoms with Crippen molar-refractivity contribution in [3.63, 3.8) is 0 Å². The van der Waals surface area contributed by atoms with Crippen molar-refractivity contribution in [2.45, 2.75) is 44.9 Å². The third-order valence-corrected chi connectivity index (χ3v) is 5.98. The van der Waals surface area contributed by atoms with Crippen molar-refractivity contribution >= 4 is 10.2 Å². The summed E-state index contributed by atoms with van der Waals surface area (Å²) in [6.45, 7) is 2.40. The molecule has 112 valence electrons. The van der Waals surface area contributed by atoms with Crippen LogP contribution in [-0.4, -0.2) is 38.9 Å². The van der Waals surface area contributed by atoms with E-state index in [1.807, 2.05) is 0 Å². The molecule has 5 nitrogen and oxygen atoms in total. The minimum atomic E-state index is -3.30. The highest BCUT2D eigenvalue weighted by molar-refractivity contribution is 7.87. The highest BCUT2D eigenvalue weighted by Gasteiger charge is 2.28. The van der Waals surface area contributed by atoms with Crippen LogP contribution in [0.1, 0.15) is 44.9 Å². The first kappa shape index (κ1) is 15.2. The first-order valence-electron chi connectivity index (χ1n) is 7.56. The molecule has 0 aromatic rings. The van der Waals surface area contributed by atoms with Gasteiger partial charge in [-0.25, -0.2) is 4.72 Å². The Morgan fingerprint density at radius 3 is 2.42 bits per heavy atom. The van der Waals surface area contributed by atoms with Gasteiger partial charge in [0, 0.05) is 19.6 Å². The average molecular weight is 289 g/mol. The van der Waals surface area contributed by atoms with E-state index < -0.39 is 10.2 Å². The van der Waals surface area contributed by atoms with Gasteiger partial charge in [0.25, 0.3) is 10.2 Å². The lowest BCUT2D eigenvalue weighted by Gasteiger charge is -2.32. The van der Waals surface area contributed by atoms with Crippen LogP contribution in [0.3, 0.4) is 0 Å². The zero-order chi connectivity index (χ0) is 13.7. The molecule has 0 spiro atoms.